The molecule has 1 heterocycles. The lowest BCUT2D eigenvalue weighted by molar-refractivity contribution is -0.0979. The molecule has 0 saturated heterocycles. The van der Waals surface area contributed by atoms with Gasteiger partial charge in [0, 0.05) is 25.1 Å². The van der Waals surface area contributed by atoms with Gasteiger partial charge in [-0.2, -0.15) is 0 Å². The lowest BCUT2D eigenvalue weighted by Crippen LogP contribution is -2.60. The third-order valence-electron chi connectivity index (χ3n) is 4.62. The van der Waals surface area contributed by atoms with Crippen molar-refractivity contribution in [3.63, 3.8) is 0 Å². The molecule has 2 aliphatic rings. The van der Waals surface area contributed by atoms with Gasteiger partial charge in [0.1, 0.15) is 13.2 Å². The minimum Gasteiger partial charge on any atom is -0.486 e. The number of benzene rings is 1. The predicted molar refractivity (Wildman–Crippen MR) is 77.3 cm³/mol. The molecule has 1 saturated carbocycles. The van der Waals surface area contributed by atoms with Crippen molar-refractivity contribution in [3.8, 4) is 11.5 Å². The molecular weight excluding hydrogens is 254 g/mol. The number of hydrogen-bond donors (Lipinski definition) is 1. The highest BCUT2D eigenvalue weighted by molar-refractivity contribution is 5.43. The highest BCUT2D eigenvalue weighted by Crippen LogP contribution is 2.42. The Morgan fingerprint density at radius 1 is 1.25 bits per heavy atom. The Balaban J connectivity index is 1.59. The third-order valence-corrected chi connectivity index (χ3v) is 4.62. The van der Waals surface area contributed by atoms with Gasteiger partial charge in [-0.1, -0.05) is 19.9 Å². The smallest absolute Gasteiger partial charge is 0.161 e. The van der Waals surface area contributed by atoms with E-state index >= 15 is 0 Å². The van der Waals surface area contributed by atoms with Crippen LogP contribution >= 0.6 is 0 Å². The molecule has 3 rings (SSSR count). The standard InChI is InChI=1S/C16H23NO3/c1-16(2)14(9-15(16)18-3)17-10-11-4-5-12-13(8-11)20-7-6-19-12/h4-5,8,14-15,17H,6-7,9-10H2,1-3H3. The van der Waals surface area contributed by atoms with E-state index in [1.54, 1.807) is 7.11 Å². The van der Waals surface area contributed by atoms with Crippen molar-refractivity contribution in [2.45, 2.75) is 39.0 Å². The van der Waals surface area contributed by atoms with Gasteiger partial charge in [0.2, 0.25) is 0 Å². The fourth-order valence-corrected chi connectivity index (χ4v) is 3.07. The predicted octanol–water partition coefficient (Wildman–Crippen LogP) is 2.36. The van der Waals surface area contributed by atoms with Crippen LogP contribution in [0.15, 0.2) is 18.2 Å². The molecule has 1 aromatic carbocycles. The van der Waals surface area contributed by atoms with Gasteiger partial charge in [-0.25, -0.2) is 0 Å². The average molecular weight is 277 g/mol. The van der Waals surface area contributed by atoms with E-state index in [4.69, 9.17) is 14.2 Å². The summed E-state index contributed by atoms with van der Waals surface area (Å²) in [6.45, 7) is 6.63. The normalized spacial score (nSPS) is 26.9. The highest BCUT2D eigenvalue weighted by Gasteiger charge is 2.48. The molecule has 1 aliphatic heterocycles. The van der Waals surface area contributed by atoms with Gasteiger partial charge in [0.15, 0.2) is 11.5 Å². The van der Waals surface area contributed by atoms with Crippen molar-refractivity contribution in [1.82, 2.24) is 5.32 Å². The van der Waals surface area contributed by atoms with E-state index in [-0.39, 0.29) is 5.41 Å². The lowest BCUT2D eigenvalue weighted by atomic mass is 9.64. The first kappa shape index (κ1) is 13.7. The summed E-state index contributed by atoms with van der Waals surface area (Å²) in [4.78, 5) is 0. The van der Waals surface area contributed by atoms with Crippen molar-refractivity contribution in [1.29, 1.82) is 0 Å². The summed E-state index contributed by atoms with van der Waals surface area (Å²) in [5.41, 5.74) is 1.42. The summed E-state index contributed by atoms with van der Waals surface area (Å²) in [5, 5.41) is 3.62. The Kier molecular flexibility index (Phi) is 3.61. The molecule has 4 nitrogen and oxygen atoms in total. The number of hydrogen-bond acceptors (Lipinski definition) is 4. The van der Waals surface area contributed by atoms with E-state index in [9.17, 15) is 0 Å². The second kappa shape index (κ2) is 5.26. The summed E-state index contributed by atoms with van der Waals surface area (Å²) in [5.74, 6) is 1.71. The molecular formula is C16H23NO3. The first-order chi connectivity index (χ1) is 9.61. The van der Waals surface area contributed by atoms with Crippen LogP contribution in [0.3, 0.4) is 0 Å². The Morgan fingerprint density at radius 3 is 2.70 bits per heavy atom. The summed E-state index contributed by atoms with van der Waals surface area (Å²) < 4.78 is 16.6. The van der Waals surface area contributed by atoms with Gasteiger partial charge < -0.3 is 19.5 Å². The van der Waals surface area contributed by atoms with Crippen LogP contribution in [0.4, 0.5) is 0 Å². The van der Waals surface area contributed by atoms with Crippen LogP contribution in [-0.4, -0.2) is 32.5 Å². The van der Waals surface area contributed by atoms with Crippen LogP contribution in [0.25, 0.3) is 0 Å². The second-order valence-electron chi connectivity index (χ2n) is 6.19. The van der Waals surface area contributed by atoms with Crippen LogP contribution in [0.5, 0.6) is 11.5 Å². The SMILES string of the molecule is COC1CC(NCc2ccc3c(c2)OCCO3)C1(C)C. The largest absolute Gasteiger partial charge is 0.486 e. The highest BCUT2D eigenvalue weighted by atomic mass is 16.6. The first-order valence-electron chi connectivity index (χ1n) is 7.26. The molecule has 0 bridgehead atoms. The van der Waals surface area contributed by atoms with Crippen molar-refractivity contribution in [2.75, 3.05) is 20.3 Å². The molecule has 1 fully saturated rings. The van der Waals surface area contributed by atoms with E-state index in [1.165, 1.54) is 5.56 Å². The van der Waals surface area contributed by atoms with Gasteiger partial charge in [-0.05, 0) is 24.1 Å². The molecule has 2 atom stereocenters. The Hall–Kier alpha value is -1.26. The van der Waals surface area contributed by atoms with Crippen molar-refractivity contribution in [3.05, 3.63) is 23.8 Å². The molecule has 1 aromatic rings. The van der Waals surface area contributed by atoms with Crippen LogP contribution in [0, 0.1) is 5.41 Å². The minimum absolute atomic E-state index is 0.197. The topological polar surface area (TPSA) is 39.7 Å². The van der Waals surface area contributed by atoms with E-state index in [0.29, 0.717) is 25.4 Å². The molecule has 4 heteroatoms. The van der Waals surface area contributed by atoms with Gasteiger partial charge in [-0.3, -0.25) is 0 Å². The molecule has 1 N–H and O–H groups in total. The molecule has 20 heavy (non-hydrogen) atoms. The minimum atomic E-state index is 0.197. The average Bonchev–Trinajstić information content (AvgIpc) is 2.46. The van der Waals surface area contributed by atoms with Gasteiger partial charge >= 0.3 is 0 Å². The molecule has 0 spiro atoms. The maximum Gasteiger partial charge on any atom is 0.161 e. The Bertz CT molecular complexity index is 487. The molecule has 0 amide bonds. The van der Waals surface area contributed by atoms with Crippen molar-refractivity contribution < 1.29 is 14.2 Å². The van der Waals surface area contributed by atoms with Crippen LogP contribution in [0.1, 0.15) is 25.8 Å². The zero-order valence-electron chi connectivity index (χ0n) is 12.4. The molecule has 1 aliphatic carbocycles. The van der Waals surface area contributed by atoms with Gasteiger partial charge in [0.25, 0.3) is 0 Å². The van der Waals surface area contributed by atoms with E-state index in [2.05, 4.69) is 31.3 Å². The maximum atomic E-state index is 5.61. The zero-order valence-corrected chi connectivity index (χ0v) is 12.4. The van der Waals surface area contributed by atoms with Crippen molar-refractivity contribution in [2.24, 2.45) is 5.41 Å². The summed E-state index contributed by atoms with van der Waals surface area (Å²) in [6.07, 6.45) is 1.44. The molecule has 0 aromatic heterocycles. The van der Waals surface area contributed by atoms with Crippen LogP contribution < -0.4 is 14.8 Å². The van der Waals surface area contributed by atoms with Crippen molar-refractivity contribution >= 4 is 0 Å². The molecule has 0 radical (unpaired) electrons. The quantitative estimate of drug-likeness (QED) is 0.917. The lowest BCUT2D eigenvalue weighted by Gasteiger charge is -2.51. The van der Waals surface area contributed by atoms with E-state index < -0.39 is 0 Å². The third kappa shape index (κ3) is 2.38. The molecule has 2 unspecified atom stereocenters. The number of methoxy groups -OCH3 is 1. The number of rotatable bonds is 4. The Morgan fingerprint density at radius 2 is 2.00 bits per heavy atom. The second-order valence-corrected chi connectivity index (χ2v) is 6.19. The van der Waals surface area contributed by atoms with Crippen LogP contribution in [-0.2, 0) is 11.3 Å². The first-order valence-corrected chi connectivity index (χ1v) is 7.26. The van der Waals surface area contributed by atoms with Gasteiger partial charge in [0.05, 0.1) is 6.10 Å². The summed E-state index contributed by atoms with van der Waals surface area (Å²) in [7, 11) is 1.80. The fraction of sp³-hybridized carbons (Fsp3) is 0.625. The number of nitrogens with one attached hydrogen (secondary N) is 1. The fourth-order valence-electron chi connectivity index (χ4n) is 3.07. The van der Waals surface area contributed by atoms with Crippen LogP contribution in [0.2, 0.25) is 0 Å². The molecule has 110 valence electrons. The van der Waals surface area contributed by atoms with E-state index in [1.807, 2.05) is 6.07 Å². The zero-order chi connectivity index (χ0) is 14.2. The Labute approximate surface area is 120 Å². The summed E-state index contributed by atoms with van der Waals surface area (Å²) >= 11 is 0. The van der Waals surface area contributed by atoms with Gasteiger partial charge in [-0.15, -0.1) is 0 Å². The monoisotopic (exact) mass is 277 g/mol. The summed E-state index contributed by atoms with van der Waals surface area (Å²) in [6, 6.07) is 6.66. The van der Waals surface area contributed by atoms with E-state index in [0.717, 1.165) is 24.5 Å². The number of fused-ring (bicyclic) bond motifs is 1. The maximum absolute atomic E-state index is 5.61. The number of ether oxygens (including phenoxy) is 3.